The van der Waals surface area contributed by atoms with Crippen LogP contribution in [0.5, 0.6) is 0 Å². The summed E-state index contributed by atoms with van der Waals surface area (Å²) in [5.41, 5.74) is 9.75. The first-order chi connectivity index (χ1) is 8.82. The zero-order valence-electron chi connectivity index (χ0n) is 13.4. The molecule has 19 heavy (non-hydrogen) atoms. The van der Waals surface area contributed by atoms with Crippen molar-refractivity contribution in [1.29, 1.82) is 0 Å². The summed E-state index contributed by atoms with van der Waals surface area (Å²) in [6.07, 6.45) is 0. The molecule has 0 nitrogen and oxygen atoms in total. The lowest BCUT2D eigenvalue weighted by molar-refractivity contribution is 1.22. The Balaban J connectivity index is 0.000000191. The Bertz CT molecular complexity index is 535. The molecule has 0 radical (unpaired) electrons. The smallest absolute Gasteiger partial charge is 0.0392 e. The van der Waals surface area contributed by atoms with Gasteiger partial charge >= 0.3 is 0 Å². The van der Waals surface area contributed by atoms with E-state index in [2.05, 4.69) is 78.8 Å². The van der Waals surface area contributed by atoms with E-state index in [1.165, 1.54) is 38.9 Å². The summed E-state index contributed by atoms with van der Waals surface area (Å²) in [6.45, 7) is 15.1. The van der Waals surface area contributed by atoms with Gasteiger partial charge in [0.25, 0.3) is 0 Å². The molecule has 0 saturated carbocycles. The number of aryl methyl sites for hydroxylation is 5. The molecule has 0 aromatic heterocycles. The zero-order valence-corrected chi connectivity index (χ0v) is 13.4. The molecule has 2 rings (SSSR count). The van der Waals surface area contributed by atoms with E-state index in [4.69, 9.17) is 0 Å². The van der Waals surface area contributed by atoms with Crippen molar-refractivity contribution >= 4 is 0 Å². The van der Waals surface area contributed by atoms with Crippen LogP contribution in [-0.4, -0.2) is 0 Å². The van der Waals surface area contributed by atoms with Crippen molar-refractivity contribution in [3.63, 3.8) is 0 Å². The molecule has 0 N–H and O–H groups in total. The highest BCUT2D eigenvalue weighted by Crippen LogP contribution is 2.15. The van der Waals surface area contributed by atoms with Crippen molar-refractivity contribution in [3.8, 4) is 0 Å². The molecule has 0 unspecified atom stereocenters. The monoisotopic (exact) mass is 254 g/mol. The second-order valence-electron chi connectivity index (χ2n) is 5.54. The van der Waals surface area contributed by atoms with Crippen LogP contribution in [0.4, 0.5) is 0 Å². The fourth-order valence-corrected chi connectivity index (χ4v) is 1.98. The minimum atomic E-state index is 1.35. The fourth-order valence-electron chi connectivity index (χ4n) is 1.98. The van der Waals surface area contributed by atoms with Crippen LogP contribution in [0, 0.1) is 48.5 Å². The molecule has 102 valence electrons. The fraction of sp³-hybridized carbons (Fsp3) is 0.368. The molecular formula is C19H26. The van der Waals surface area contributed by atoms with Gasteiger partial charge in [-0.1, -0.05) is 35.9 Å². The average Bonchev–Trinajstić information content (AvgIpc) is 2.37. The van der Waals surface area contributed by atoms with Gasteiger partial charge < -0.3 is 0 Å². The second-order valence-corrected chi connectivity index (χ2v) is 5.54. The number of rotatable bonds is 0. The van der Waals surface area contributed by atoms with Crippen LogP contribution in [0.1, 0.15) is 38.9 Å². The molecule has 2 aromatic rings. The maximum atomic E-state index is 2.20. The van der Waals surface area contributed by atoms with Crippen LogP contribution in [0.2, 0.25) is 0 Å². The highest BCUT2D eigenvalue weighted by Gasteiger charge is 1.97. The first-order valence-corrected chi connectivity index (χ1v) is 6.90. The molecule has 0 heterocycles. The van der Waals surface area contributed by atoms with Gasteiger partial charge in [0.05, 0.1) is 0 Å². The van der Waals surface area contributed by atoms with Gasteiger partial charge in [-0.25, -0.2) is 0 Å². The topological polar surface area (TPSA) is 0 Å². The Morgan fingerprint density at radius 3 is 1.26 bits per heavy atom. The molecule has 0 heteroatoms. The SMILES string of the molecule is Cc1ccc(C)c(C)c1.Cc1ccc(C)c(C)c1C. The van der Waals surface area contributed by atoms with E-state index in [1.54, 1.807) is 0 Å². The molecule has 0 amide bonds. The van der Waals surface area contributed by atoms with Gasteiger partial charge in [0.15, 0.2) is 0 Å². The van der Waals surface area contributed by atoms with Crippen molar-refractivity contribution < 1.29 is 0 Å². The molecular weight excluding hydrogens is 228 g/mol. The summed E-state index contributed by atoms with van der Waals surface area (Å²) in [5.74, 6) is 0. The van der Waals surface area contributed by atoms with Gasteiger partial charge in [-0.05, 0) is 81.8 Å². The van der Waals surface area contributed by atoms with Crippen LogP contribution in [0.3, 0.4) is 0 Å². The third-order valence-corrected chi connectivity index (χ3v) is 3.99. The van der Waals surface area contributed by atoms with Crippen molar-refractivity contribution in [2.45, 2.75) is 48.5 Å². The standard InChI is InChI=1S/C10H14.C9H12/c1-7-5-6-8(2)10(4)9(7)3;1-7-4-5-8(2)9(3)6-7/h5-6H,1-4H3;4-6H,1-3H3. The first kappa shape index (κ1) is 15.5. The summed E-state index contributed by atoms with van der Waals surface area (Å²) in [7, 11) is 0. The van der Waals surface area contributed by atoms with Crippen molar-refractivity contribution in [2.75, 3.05) is 0 Å². The second kappa shape index (κ2) is 6.56. The van der Waals surface area contributed by atoms with Crippen LogP contribution < -0.4 is 0 Å². The van der Waals surface area contributed by atoms with Gasteiger partial charge in [0, 0.05) is 0 Å². The molecule has 0 aliphatic rings. The van der Waals surface area contributed by atoms with E-state index in [1.807, 2.05) is 0 Å². The molecule has 0 spiro atoms. The molecule has 2 aromatic carbocycles. The largest absolute Gasteiger partial charge is 0.0590 e. The Hall–Kier alpha value is -1.56. The van der Waals surface area contributed by atoms with Crippen LogP contribution in [-0.2, 0) is 0 Å². The molecule has 0 atom stereocenters. The third kappa shape index (κ3) is 4.24. The summed E-state index contributed by atoms with van der Waals surface area (Å²) in [4.78, 5) is 0. The van der Waals surface area contributed by atoms with Crippen LogP contribution in [0.25, 0.3) is 0 Å². The van der Waals surface area contributed by atoms with Gasteiger partial charge in [-0.3, -0.25) is 0 Å². The Labute approximate surface area is 118 Å². The molecule has 0 aliphatic carbocycles. The zero-order chi connectivity index (χ0) is 14.6. The summed E-state index contributed by atoms with van der Waals surface area (Å²) in [6, 6.07) is 10.9. The molecule has 0 saturated heterocycles. The Morgan fingerprint density at radius 2 is 0.895 bits per heavy atom. The predicted octanol–water partition coefficient (Wildman–Crippen LogP) is 5.53. The number of benzene rings is 2. The lowest BCUT2D eigenvalue weighted by atomic mass is 10.0. The number of hydrogen-bond donors (Lipinski definition) is 0. The summed E-state index contributed by atoms with van der Waals surface area (Å²) >= 11 is 0. The summed E-state index contributed by atoms with van der Waals surface area (Å²) < 4.78 is 0. The van der Waals surface area contributed by atoms with Crippen LogP contribution in [0.15, 0.2) is 30.3 Å². The van der Waals surface area contributed by atoms with Gasteiger partial charge in [0.1, 0.15) is 0 Å². The Kier molecular flexibility index (Phi) is 5.35. The lowest BCUT2D eigenvalue weighted by Crippen LogP contribution is -1.88. The maximum Gasteiger partial charge on any atom is -0.0392 e. The predicted molar refractivity (Wildman–Crippen MR) is 86.0 cm³/mol. The molecule has 0 aliphatic heterocycles. The van der Waals surface area contributed by atoms with E-state index in [9.17, 15) is 0 Å². The quantitative estimate of drug-likeness (QED) is 0.579. The minimum absolute atomic E-state index is 1.35. The maximum absolute atomic E-state index is 2.20. The highest BCUT2D eigenvalue weighted by molar-refractivity contribution is 5.37. The van der Waals surface area contributed by atoms with E-state index in [0.717, 1.165) is 0 Å². The van der Waals surface area contributed by atoms with E-state index in [0.29, 0.717) is 0 Å². The average molecular weight is 254 g/mol. The lowest BCUT2D eigenvalue weighted by Gasteiger charge is -2.06. The highest BCUT2D eigenvalue weighted by atomic mass is 14.0. The van der Waals surface area contributed by atoms with Crippen molar-refractivity contribution in [3.05, 3.63) is 69.3 Å². The summed E-state index contributed by atoms with van der Waals surface area (Å²) in [5, 5.41) is 0. The third-order valence-electron chi connectivity index (χ3n) is 3.99. The van der Waals surface area contributed by atoms with Crippen LogP contribution >= 0.6 is 0 Å². The van der Waals surface area contributed by atoms with Gasteiger partial charge in [-0.15, -0.1) is 0 Å². The molecule has 0 fully saturated rings. The Morgan fingerprint density at radius 1 is 0.474 bits per heavy atom. The van der Waals surface area contributed by atoms with E-state index >= 15 is 0 Å². The normalized spacial score (nSPS) is 9.84. The first-order valence-electron chi connectivity index (χ1n) is 6.90. The van der Waals surface area contributed by atoms with Crippen molar-refractivity contribution in [2.24, 2.45) is 0 Å². The van der Waals surface area contributed by atoms with E-state index in [-0.39, 0.29) is 0 Å². The van der Waals surface area contributed by atoms with Gasteiger partial charge in [-0.2, -0.15) is 0 Å². The molecule has 0 bridgehead atoms. The van der Waals surface area contributed by atoms with Gasteiger partial charge in [0.2, 0.25) is 0 Å². The van der Waals surface area contributed by atoms with Crippen molar-refractivity contribution in [1.82, 2.24) is 0 Å². The minimum Gasteiger partial charge on any atom is -0.0590 e. The number of hydrogen-bond acceptors (Lipinski definition) is 0. The van der Waals surface area contributed by atoms with E-state index < -0.39 is 0 Å².